The van der Waals surface area contributed by atoms with Crippen molar-refractivity contribution in [1.82, 2.24) is 4.98 Å². The van der Waals surface area contributed by atoms with Crippen molar-refractivity contribution in [2.24, 2.45) is 0 Å². The van der Waals surface area contributed by atoms with Gasteiger partial charge in [-0.15, -0.1) is 11.3 Å². The summed E-state index contributed by atoms with van der Waals surface area (Å²) in [7, 11) is 3.17. The predicted octanol–water partition coefficient (Wildman–Crippen LogP) is 4.80. The van der Waals surface area contributed by atoms with Crippen LogP contribution in [0.1, 0.15) is 26.5 Å². The molecule has 0 amide bonds. The number of hydrogen-bond acceptors (Lipinski definition) is 6. The lowest BCUT2D eigenvalue weighted by Crippen LogP contribution is -2.06. The van der Waals surface area contributed by atoms with Gasteiger partial charge in [0.1, 0.15) is 16.5 Å². The van der Waals surface area contributed by atoms with Crippen molar-refractivity contribution in [3.63, 3.8) is 0 Å². The number of esters is 1. The summed E-state index contributed by atoms with van der Waals surface area (Å²) in [6.07, 6.45) is 0. The van der Waals surface area contributed by atoms with Gasteiger partial charge in [-0.2, -0.15) is 0 Å². The average molecular weight is 383 g/mol. The van der Waals surface area contributed by atoms with Gasteiger partial charge in [0.05, 0.1) is 19.9 Å². The SMILES string of the molecule is COc1cc(C)c(COC(=O)c2sc(-c3ccccc3)nc2C)cc1OC. The fourth-order valence-electron chi connectivity index (χ4n) is 2.68. The van der Waals surface area contributed by atoms with E-state index < -0.39 is 0 Å². The van der Waals surface area contributed by atoms with Crippen LogP contribution in [0.4, 0.5) is 0 Å². The number of thiazole rings is 1. The normalized spacial score (nSPS) is 10.5. The topological polar surface area (TPSA) is 57.7 Å². The summed E-state index contributed by atoms with van der Waals surface area (Å²) in [5.74, 6) is 0.881. The number of hydrogen-bond donors (Lipinski definition) is 0. The Morgan fingerprint density at radius 1 is 1.04 bits per heavy atom. The Balaban J connectivity index is 1.76. The molecule has 0 saturated heterocycles. The van der Waals surface area contributed by atoms with Crippen molar-refractivity contribution >= 4 is 17.3 Å². The highest BCUT2D eigenvalue weighted by atomic mass is 32.1. The van der Waals surface area contributed by atoms with Crippen molar-refractivity contribution in [1.29, 1.82) is 0 Å². The van der Waals surface area contributed by atoms with Crippen LogP contribution < -0.4 is 9.47 Å². The zero-order valence-electron chi connectivity index (χ0n) is 15.7. The van der Waals surface area contributed by atoms with Crippen molar-refractivity contribution < 1.29 is 19.0 Å². The van der Waals surface area contributed by atoms with Gasteiger partial charge in [-0.1, -0.05) is 30.3 Å². The van der Waals surface area contributed by atoms with E-state index in [1.54, 1.807) is 14.2 Å². The number of rotatable bonds is 6. The van der Waals surface area contributed by atoms with E-state index in [-0.39, 0.29) is 12.6 Å². The molecule has 0 spiro atoms. The van der Waals surface area contributed by atoms with E-state index in [1.807, 2.05) is 56.3 Å². The minimum absolute atomic E-state index is 0.156. The summed E-state index contributed by atoms with van der Waals surface area (Å²) in [5, 5.41) is 0.808. The maximum atomic E-state index is 12.6. The molecule has 27 heavy (non-hydrogen) atoms. The molecule has 3 rings (SSSR count). The van der Waals surface area contributed by atoms with Crippen LogP contribution in [-0.2, 0) is 11.3 Å². The molecule has 0 aliphatic heterocycles. The molecule has 0 fully saturated rings. The monoisotopic (exact) mass is 383 g/mol. The second-order valence-electron chi connectivity index (χ2n) is 6.01. The largest absolute Gasteiger partial charge is 0.493 e. The zero-order chi connectivity index (χ0) is 19.4. The van der Waals surface area contributed by atoms with Gasteiger partial charge >= 0.3 is 5.97 Å². The lowest BCUT2D eigenvalue weighted by atomic mass is 10.1. The van der Waals surface area contributed by atoms with Gasteiger partial charge in [0, 0.05) is 5.56 Å². The highest BCUT2D eigenvalue weighted by Crippen LogP contribution is 2.31. The maximum Gasteiger partial charge on any atom is 0.350 e. The molecule has 3 aromatic rings. The molecule has 0 atom stereocenters. The molecule has 1 heterocycles. The van der Waals surface area contributed by atoms with E-state index in [0.29, 0.717) is 22.1 Å². The van der Waals surface area contributed by atoms with E-state index >= 15 is 0 Å². The van der Waals surface area contributed by atoms with Crippen molar-refractivity contribution in [2.45, 2.75) is 20.5 Å². The Kier molecular flexibility index (Phi) is 5.76. The third-order valence-electron chi connectivity index (χ3n) is 4.20. The lowest BCUT2D eigenvalue weighted by molar-refractivity contribution is 0.0476. The zero-order valence-corrected chi connectivity index (χ0v) is 16.6. The third-order valence-corrected chi connectivity index (χ3v) is 5.39. The van der Waals surface area contributed by atoms with Crippen LogP contribution in [0.2, 0.25) is 0 Å². The summed E-state index contributed by atoms with van der Waals surface area (Å²) >= 11 is 1.34. The summed E-state index contributed by atoms with van der Waals surface area (Å²) in [6.45, 7) is 3.92. The van der Waals surface area contributed by atoms with Gasteiger partial charge in [0.15, 0.2) is 11.5 Å². The number of benzene rings is 2. The Morgan fingerprint density at radius 3 is 2.37 bits per heavy atom. The molecule has 5 nitrogen and oxygen atoms in total. The summed E-state index contributed by atoms with van der Waals surface area (Å²) in [6, 6.07) is 13.5. The first-order valence-electron chi connectivity index (χ1n) is 8.45. The molecule has 0 radical (unpaired) electrons. The number of aryl methyl sites for hydroxylation is 2. The first-order chi connectivity index (χ1) is 13.0. The van der Waals surface area contributed by atoms with Crippen molar-refractivity contribution in [3.8, 4) is 22.1 Å². The van der Waals surface area contributed by atoms with E-state index in [1.165, 1.54) is 11.3 Å². The van der Waals surface area contributed by atoms with E-state index in [4.69, 9.17) is 14.2 Å². The summed E-state index contributed by atoms with van der Waals surface area (Å²) in [5.41, 5.74) is 3.49. The molecule has 140 valence electrons. The maximum absolute atomic E-state index is 12.6. The van der Waals surface area contributed by atoms with Crippen LogP contribution in [0.15, 0.2) is 42.5 Å². The number of nitrogens with zero attached hydrogens (tertiary/aromatic N) is 1. The van der Waals surface area contributed by atoms with Crippen LogP contribution in [0.3, 0.4) is 0 Å². The van der Waals surface area contributed by atoms with E-state index in [9.17, 15) is 4.79 Å². The highest BCUT2D eigenvalue weighted by Gasteiger charge is 2.18. The number of carbonyl (C=O) groups is 1. The van der Waals surface area contributed by atoms with E-state index in [2.05, 4.69) is 4.98 Å². The molecule has 0 saturated carbocycles. The molecule has 0 N–H and O–H groups in total. The highest BCUT2D eigenvalue weighted by molar-refractivity contribution is 7.17. The van der Waals surface area contributed by atoms with Crippen LogP contribution in [-0.4, -0.2) is 25.2 Å². The van der Waals surface area contributed by atoms with Crippen LogP contribution in [0.25, 0.3) is 10.6 Å². The quantitative estimate of drug-likeness (QED) is 0.572. The lowest BCUT2D eigenvalue weighted by Gasteiger charge is -2.13. The number of methoxy groups -OCH3 is 2. The second kappa shape index (κ2) is 8.22. The van der Waals surface area contributed by atoms with E-state index in [0.717, 1.165) is 21.7 Å². The molecule has 0 bridgehead atoms. The fourth-order valence-corrected chi connectivity index (χ4v) is 3.64. The van der Waals surface area contributed by atoms with Gasteiger partial charge < -0.3 is 14.2 Å². The molecule has 2 aromatic carbocycles. The average Bonchev–Trinajstić information content (AvgIpc) is 3.09. The van der Waals surface area contributed by atoms with Gasteiger partial charge in [0.25, 0.3) is 0 Å². The second-order valence-corrected chi connectivity index (χ2v) is 7.01. The number of aromatic nitrogens is 1. The first kappa shape index (κ1) is 18.9. The van der Waals surface area contributed by atoms with Crippen molar-refractivity contribution in [2.75, 3.05) is 14.2 Å². The molecule has 1 aromatic heterocycles. The predicted molar refractivity (Wildman–Crippen MR) is 106 cm³/mol. The Labute approximate surface area is 162 Å². The Morgan fingerprint density at radius 2 is 1.70 bits per heavy atom. The van der Waals surface area contributed by atoms with Crippen LogP contribution in [0, 0.1) is 13.8 Å². The molecular formula is C21H21NO4S. The Bertz CT molecular complexity index is 950. The summed E-state index contributed by atoms with van der Waals surface area (Å²) < 4.78 is 16.1. The molecule has 6 heteroatoms. The molecular weight excluding hydrogens is 362 g/mol. The molecule has 0 aliphatic carbocycles. The van der Waals surface area contributed by atoms with Crippen LogP contribution >= 0.6 is 11.3 Å². The summed E-state index contributed by atoms with van der Waals surface area (Å²) in [4.78, 5) is 17.6. The standard InChI is InChI=1S/C21H21NO4S/c1-13-10-17(24-3)18(25-4)11-16(13)12-26-21(23)19-14(2)22-20(27-19)15-8-6-5-7-9-15/h5-11H,12H2,1-4H3. The minimum Gasteiger partial charge on any atom is -0.493 e. The smallest absolute Gasteiger partial charge is 0.350 e. The molecule has 0 unspecified atom stereocenters. The minimum atomic E-state index is -0.374. The van der Waals surface area contributed by atoms with Gasteiger partial charge in [0.2, 0.25) is 0 Å². The Hall–Kier alpha value is -2.86. The van der Waals surface area contributed by atoms with Crippen LogP contribution in [0.5, 0.6) is 11.5 Å². The van der Waals surface area contributed by atoms with Gasteiger partial charge in [-0.3, -0.25) is 0 Å². The third kappa shape index (κ3) is 4.11. The van der Waals surface area contributed by atoms with Crippen molar-refractivity contribution in [3.05, 3.63) is 64.2 Å². The first-order valence-corrected chi connectivity index (χ1v) is 9.26. The van der Waals surface area contributed by atoms with Gasteiger partial charge in [-0.05, 0) is 37.1 Å². The molecule has 0 aliphatic rings. The van der Waals surface area contributed by atoms with Gasteiger partial charge in [-0.25, -0.2) is 9.78 Å². The fraction of sp³-hybridized carbons (Fsp3) is 0.238. The number of ether oxygens (including phenoxy) is 3. The number of carbonyl (C=O) groups excluding carboxylic acids is 1.